The van der Waals surface area contributed by atoms with Crippen LogP contribution in [0.3, 0.4) is 0 Å². The van der Waals surface area contributed by atoms with E-state index in [4.69, 9.17) is 4.74 Å². The lowest BCUT2D eigenvalue weighted by atomic mass is 10.1. The third-order valence-electron chi connectivity index (χ3n) is 5.35. The zero-order valence-corrected chi connectivity index (χ0v) is 21.6. The number of amides is 2. The molecule has 1 N–H and O–H groups in total. The summed E-state index contributed by atoms with van der Waals surface area (Å²) in [5.74, 6) is -0.0507. The molecule has 0 aliphatic rings. The first-order valence-electron chi connectivity index (χ1n) is 11.2. The van der Waals surface area contributed by atoms with Gasteiger partial charge >= 0.3 is 0 Å². The smallest absolute Gasteiger partial charge is 0.244 e. The minimum Gasteiger partial charge on any atom is -0.497 e. The van der Waals surface area contributed by atoms with Gasteiger partial charge in [-0.1, -0.05) is 49.7 Å². The summed E-state index contributed by atoms with van der Waals surface area (Å²) in [4.78, 5) is 27.7. The Kier molecular flexibility index (Phi) is 9.49. The van der Waals surface area contributed by atoms with Crippen LogP contribution in [0.15, 0.2) is 48.5 Å². The van der Waals surface area contributed by atoms with Crippen molar-refractivity contribution in [1.29, 1.82) is 0 Å². The van der Waals surface area contributed by atoms with Crippen molar-refractivity contribution in [3.63, 3.8) is 0 Å². The topological polar surface area (TPSA) is 96.0 Å². The normalized spacial score (nSPS) is 12.2. The zero-order chi connectivity index (χ0) is 25.5. The summed E-state index contributed by atoms with van der Waals surface area (Å²) in [6.45, 7) is 7.79. The molecule has 0 saturated carbocycles. The van der Waals surface area contributed by atoms with Crippen LogP contribution in [0, 0.1) is 12.8 Å². The van der Waals surface area contributed by atoms with Crippen molar-refractivity contribution < 1.29 is 22.7 Å². The number of aryl methyl sites for hydroxylation is 1. The molecule has 0 fully saturated rings. The number of sulfonamides is 1. The van der Waals surface area contributed by atoms with E-state index < -0.39 is 28.5 Å². The minimum absolute atomic E-state index is 0.172. The number of nitrogens with zero attached hydrogens (tertiary/aromatic N) is 2. The Balaban J connectivity index is 2.37. The number of rotatable bonds is 11. The average molecular weight is 490 g/mol. The van der Waals surface area contributed by atoms with E-state index in [-0.39, 0.29) is 18.4 Å². The summed E-state index contributed by atoms with van der Waals surface area (Å²) in [7, 11) is -2.31. The van der Waals surface area contributed by atoms with E-state index in [1.54, 1.807) is 31.2 Å². The van der Waals surface area contributed by atoms with Crippen LogP contribution in [0.5, 0.6) is 5.75 Å². The van der Waals surface area contributed by atoms with Crippen LogP contribution >= 0.6 is 0 Å². The van der Waals surface area contributed by atoms with Crippen LogP contribution in [-0.2, 0) is 26.2 Å². The van der Waals surface area contributed by atoms with Gasteiger partial charge in [-0.05, 0) is 37.5 Å². The predicted molar refractivity (Wildman–Crippen MR) is 134 cm³/mol. The molecule has 9 heteroatoms. The summed E-state index contributed by atoms with van der Waals surface area (Å²) in [6, 6.07) is 13.4. The number of anilines is 1. The summed E-state index contributed by atoms with van der Waals surface area (Å²) < 4.78 is 31.4. The fourth-order valence-corrected chi connectivity index (χ4v) is 4.15. The van der Waals surface area contributed by atoms with Crippen LogP contribution in [0.1, 0.15) is 31.9 Å². The highest BCUT2D eigenvalue weighted by molar-refractivity contribution is 7.92. The van der Waals surface area contributed by atoms with Crippen LogP contribution in [-0.4, -0.2) is 57.6 Å². The second kappa shape index (κ2) is 11.9. The second-order valence-electron chi connectivity index (χ2n) is 8.79. The van der Waals surface area contributed by atoms with E-state index in [2.05, 4.69) is 5.32 Å². The Bertz CT molecular complexity index is 1080. The molecule has 8 nitrogen and oxygen atoms in total. The Labute approximate surface area is 202 Å². The van der Waals surface area contributed by atoms with E-state index >= 15 is 0 Å². The summed E-state index contributed by atoms with van der Waals surface area (Å²) in [5, 5.41) is 2.86. The molecule has 0 spiro atoms. The fraction of sp³-hybridized carbons (Fsp3) is 0.440. The van der Waals surface area contributed by atoms with Gasteiger partial charge in [0.05, 0.1) is 19.1 Å². The molecule has 0 bridgehead atoms. The number of hydrogen-bond donors (Lipinski definition) is 1. The largest absolute Gasteiger partial charge is 0.497 e. The molecule has 0 heterocycles. The first-order chi connectivity index (χ1) is 15.9. The zero-order valence-electron chi connectivity index (χ0n) is 20.7. The van der Waals surface area contributed by atoms with Crippen LogP contribution in [0.4, 0.5) is 5.69 Å². The van der Waals surface area contributed by atoms with Crippen molar-refractivity contribution in [2.45, 2.75) is 40.3 Å². The van der Waals surface area contributed by atoms with Gasteiger partial charge in [0.1, 0.15) is 18.3 Å². The van der Waals surface area contributed by atoms with Gasteiger partial charge in [-0.25, -0.2) is 8.42 Å². The minimum atomic E-state index is -3.79. The number of ether oxygens (including phenoxy) is 1. The molecule has 2 aromatic rings. The van der Waals surface area contributed by atoms with Crippen molar-refractivity contribution in [3.8, 4) is 5.75 Å². The van der Waals surface area contributed by atoms with E-state index in [9.17, 15) is 18.0 Å². The van der Waals surface area contributed by atoms with Crippen molar-refractivity contribution in [1.82, 2.24) is 10.2 Å². The van der Waals surface area contributed by atoms with Crippen molar-refractivity contribution in [2.75, 3.05) is 30.8 Å². The number of nitrogens with one attached hydrogen (secondary N) is 1. The first kappa shape index (κ1) is 27.2. The van der Waals surface area contributed by atoms with Gasteiger partial charge in [0, 0.05) is 19.2 Å². The van der Waals surface area contributed by atoms with Gasteiger partial charge in [-0.15, -0.1) is 0 Å². The molecule has 2 aromatic carbocycles. The molecule has 186 valence electrons. The lowest BCUT2D eigenvalue weighted by Crippen LogP contribution is -2.51. The predicted octanol–water partition coefficient (Wildman–Crippen LogP) is 2.96. The molecule has 0 radical (unpaired) electrons. The summed E-state index contributed by atoms with van der Waals surface area (Å²) in [6.07, 6.45) is 1.04. The maximum atomic E-state index is 13.5. The molecule has 0 unspecified atom stereocenters. The molecule has 34 heavy (non-hydrogen) atoms. The summed E-state index contributed by atoms with van der Waals surface area (Å²) >= 11 is 0. The average Bonchev–Trinajstić information content (AvgIpc) is 2.79. The monoisotopic (exact) mass is 489 g/mol. The Morgan fingerprint density at radius 1 is 1.06 bits per heavy atom. The maximum absolute atomic E-state index is 13.5. The lowest BCUT2D eigenvalue weighted by Gasteiger charge is -2.31. The van der Waals surface area contributed by atoms with Gasteiger partial charge in [0.2, 0.25) is 21.8 Å². The van der Waals surface area contributed by atoms with Crippen LogP contribution < -0.4 is 14.4 Å². The third-order valence-corrected chi connectivity index (χ3v) is 6.49. The quantitative estimate of drug-likeness (QED) is 0.524. The fourth-order valence-electron chi connectivity index (χ4n) is 3.30. The van der Waals surface area contributed by atoms with Crippen LogP contribution in [0.2, 0.25) is 0 Å². The molecular formula is C25H35N3O5S. The van der Waals surface area contributed by atoms with Gasteiger partial charge in [-0.2, -0.15) is 0 Å². The SMILES string of the molecule is COc1cccc(N(CC(=O)N(Cc2ccc(C)cc2)[C@H](C)C(=O)NCC(C)C)S(C)(=O)=O)c1. The number of hydrogen-bond acceptors (Lipinski definition) is 5. The van der Waals surface area contributed by atoms with Crippen molar-refractivity contribution in [2.24, 2.45) is 5.92 Å². The highest BCUT2D eigenvalue weighted by Gasteiger charge is 2.30. The van der Waals surface area contributed by atoms with E-state index in [0.29, 0.717) is 18.0 Å². The molecule has 1 atom stereocenters. The molecule has 0 saturated heterocycles. The number of benzene rings is 2. The van der Waals surface area contributed by atoms with Gasteiger partial charge in [0.25, 0.3) is 0 Å². The van der Waals surface area contributed by atoms with E-state index in [0.717, 1.165) is 21.7 Å². The van der Waals surface area contributed by atoms with Gasteiger partial charge in [-0.3, -0.25) is 13.9 Å². The lowest BCUT2D eigenvalue weighted by molar-refractivity contribution is -0.139. The van der Waals surface area contributed by atoms with Gasteiger partial charge in [0.15, 0.2) is 0 Å². The molecule has 0 aliphatic carbocycles. The summed E-state index contributed by atoms with van der Waals surface area (Å²) in [5.41, 5.74) is 2.22. The molecule has 2 rings (SSSR count). The maximum Gasteiger partial charge on any atom is 0.244 e. The number of carbonyl (C=O) groups excluding carboxylic acids is 2. The molecule has 0 aliphatic heterocycles. The van der Waals surface area contributed by atoms with Crippen molar-refractivity contribution in [3.05, 3.63) is 59.7 Å². The highest BCUT2D eigenvalue weighted by atomic mass is 32.2. The Morgan fingerprint density at radius 3 is 2.26 bits per heavy atom. The molecular weight excluding hydrogens is 454 g/mol. The number of methoxy groups -OCH3 is 1. The van der Waals surface area contributed by atoms with Crippen molar-refractivity contribution >= 4 is 27.5 Å². The Morgan fingerprint density at radius 2 is 1.71 bits per heavy atom. The first-order valence-corrected chi connectivity index (χ1v) is 13.0. The number of carbonyl (C=O) groups is 2. The standard InChI is InChI=1S/C25H35N3O5S/c1-18(2)15-26-25(30)20(4)27(16-21-12-10-19(3)11-13-21)24(29)17-28(34(6,31)32)22-8-7-9-23(14-22)33-5/h7-14,18,20H,15-17H2,1-6H3,(H,26,30)/t20-/m1/s1. The van der Waals surface area contributed by atoms with Crippen LogP contribution in [0.25, 0.3) is 0 Å². The molecule has 2 amide bonds. The third kappa shape index (κ3) is 7.76. The molecule has 0 aromatic heterocycles. The van der Waals surface area contributed by atoms with E-state index in [1.807, 2.05) is 45.0 Å². The van der Waals surface area contributed by atoms with Gasteiger partial charge < -0.3 is 15.0 Å². The Hall–Kier alpha value is -3.07. The highest BCUT2D eigenvalue weighted by Crippen LogP contribution is 2.23. The second-order valence-corrected chi connectivity index (χ2v) is 10.7. The van der Waals surface area contributed by atoms with E-state index in [1.165, 1.54) is 12.0 Å².